The Kier molecular flexibility index (Phi) is 8.54. The van der Waals surface area contributed by atoms with Crippen molar-refractivity contribution in [2.75, 3.05) is 44.7 Å². The van der Waals surface area contributed by atoms with E-state index in [0.29, 0.717) is 57.7 Å². The Balaban J connectivity index is 1.31. The van der Waals surface area contributed by atoms with E-state index in [4.69, 9.17) is 19.4 Å². The van der Waals surface area contributed by atoms with Crippen LogP contribution >= 0.6 is 0 Å². The van der Waals surface area contributed by atoms with Gasteiger partial charge in [-0.25, -0.2) is 0 Å². The molecule has 1 N–H and O–H groups in total. The second-order valence-electron chi connectivity index (χ2n) is 11.9. The summed E-state index contributed by atoms with van der Waals surface area (Å²) in [6, 6.07) is 9.60. The Morgan fingerprint density at radius 3 is 2.85 bits per heavy atom. The van der Waals surface area contributed by atoms with E-state index >= 15 is 0 Å². The first-order chi connectivity index (χ1) is 20.1. The van der Waals surface area contributed by atoms with Crippen molar-refractivity contribution < 1.29 is 14.6 Å². The number of ether oxygens (including phenoxy) is 2. The highest BCUT2D eigenvalue weighted by atomic mass is 16.5. The van der Waals surface area contributed by atoms with Gasteiger partial charge in [-0.1, -0.05) is 24.8 Å². The first-order valence-electron chi connectivity index (χ1n) is 15.2. The Hall–Kier alpha value is -3.03. The van der Waals surface area contributed by atoms with Crippen LogP contribution in [0.1, 0.15) is 66.2 Å². The number of likely N-dealkylation sites (N-methyl/N-ethyl adjacent to an activating group) is 1. The summed E-state index contributed by atoms with van der Waals surface area (Å²) in [5, 5.41) is 20.0. The van der Waals surface area contributed by atoms with E-state index in [0.717, 1.165) is 42.9 Å². The Morgan fingerprint density at radius 2 is 2.05 bits per heavy atom. The van der Waals surface area contributed by atoms with Gasteiger partial charge in [-0.2, -0.15) is 15.2 Å². The Bertz CT molecular complexity index is 1290. The lowest BCUT2D eigenvalue weighted by Crippen LogP contribution is -2.56. The maximum absolute atomic E-state index is 10.5. The number of nitrogens with zero attached hydrogens (tertiary/aromatic N) is 6. The van der Waals surface area contributed by atoms with E-state index < -0.39 is 6.23 Å². The molecule has 2 saturated heterocycles. The van der Waals surface area contributed by atoms with E-state index in [1.54, 1.807) is 0 Å². The number of aliphatic hydroxyl groups excluding tert-OH is 1. The number of nitriles is 1. The van der Waals surface area contributed by atoms with Crippen molar-refractivity contribution in [3.05, 3.63) is 58.8 Å². The Morgan fingerprint density at radius 1 is 1.17 bits per heavy atom. The number of rotatable bonds is 8. The van der Waals surface area contributed by atoms with Crippen molar-refractivity contribution in [2.45, 2.75) is 82.4 Å². The van der Waals surface area contributed by atoms with E-state index in [9.17, 15) is 10.4 Å². The fraction of sp³-hybridized carbons (Fsp3) is 0.594. The van der Waals surface area contributed by atoms with Crippen molar-refractivity contribution in [1.29, 1.82) is 5.26 Å². The zero-order valence-corrected chi connectivity index (χ0v) is 24.2. The predicted octanol–water partition coefficient (Wildman–Crippen LogP) is 3.55. The van der Waals surface area contributed by atoms with Crippen LogP contribution in [0.2, 0.25) is 0 Å². The molecule has 9 nitrogen and oxygen atoms in total. The van der Waals surface area contributed by atoms with Gasteiger partial charge in [-0.15, -0.1) is 0 Å². The van der Waals surface area contributed by atoms with Gasteiger partial charge < -0.3 is 24.4 Å². The standard InChI is InChI=1S/C32H42N6O3/c1-3-30(39)38-17-16-37(19-23(38)13-14-33)31-27-21-40-29(26-12-6-9-22-8-4-5-11-25(22)26)18-28(27)34-32(35-31)41-20-24-10-7-15-36(24)2/h3,6,9,12,23-24,29-30,39H,1,4-5,7-8,10-11,13,15-21H2,2H3/t23-,24-,29?,30?/m0/s1. The number of hydrogen-bond donors (Lipinski definition) is 1. The highest BCUT2D eigenvalue weighted by molar-refractivity contribution is 5.52. The topological polar surface area (TPSA) is 98.0 Å². The van der Waals surface area contributed by atoms with E-state index in [1.807, 2.05) is 4.90 Å². The summed E-state index contributed by atoms with van der Waals surface area (Å²) in [6.45, 7) is 7.67. The number of aryl methyl sites for hydroxylation is 1. The summed E-state index contributed by atoms with van der Waals surface area (Å²) >= 11 is 0. The maximum atomic E-state index is 10.5. The highest BCUT2D eigenvalue weighted by Gasteiger charge is 2.35. The van der Waals surface area contributed by atoms with Crippen LogP contribution in [-0.2, 0) is 30.6 Å². The van der Waals surface area contributed by atoms with Crippen LogP contribution in [0.3, 0.4) is 0 Å². The van der Waals surface area contributed by atoms with Crippen molar-refractivity contribution in [2.24, 2.45) is 0 Å². The minimum atomic E-state index is -0.780. The third-order valence-electron chi connectivity index (χ3n) is 9.42. The first kappa shape index (κ1) is 28.1. The number of piperazine rings is 1. The van der Waals surface area contributed by atoms with E-state index in [2.05, 4.69) is 47.7 Å². The fourth-order valence-corrected chi connectivity index (χ4v) is 7.06. The van der Waals surface area contributed by atoms with Crippen molar-refractivity contribution >= 4 is 5.82 Å². The average Bonchev–Trinajstić information content (AvgIpc) is 3.43. The van der Waals surface area contributed by atoms with E-state index in [-0.39, 0.29) is 12.1 Å². The first-order valence-corrected chi connectivity index (χ1v) is 15.2. The van der Waals surface area contributed by atoms with Gasteiger partial charge in [0.05, 0.1) is 30.9 Å². The number of fused-ring (bicyclic) bond motifs is 2. The second kappa shape index (κ2) is 12.5. The maximum Gasteiger partial charge on any atom is 0.318 e. The molecule has 6 rings (SSSR count). The largest absolute Gasteiger partial charge is 0.462 e. The van der Waals surface area contributed by atoms with Gasteiger partial charge >= 0.3 is 6.01 Å². The van der Waals surface area contributed by atoms with Gasteiger partial charge in [-0.05, 0) is 74.9 Å². The van der Waals surface area contributed by atoms with Crippen LogP contribution in [-0.4, -0.2) is 83.0 Å². The number of benzene rings is 1. The van der Waals surface area contributed by atoms with Gasteiger partial charge in [0.2, 0.25) is 0 Å². The third-order valence-corrected chi connectivity index (χ3v) is 9.42. The van der Waals surface area contributed by atoms with Gasteiger partial charge in [0.15, 0.2) is 0 Å². The van der Waals surface area contributed by atoms with Gasteiger partial charge in [0, 0.05) is 43.7 Å². The molecule has 41 heavy (non-hydrogen) atoms. The molecule has 218 valence electrons. The summed E-state index contributed by atoms with van der Waals surface area (Å²) in [5.41, 5.74) is 6.20. The minimum absolute atomic E-state index is 0.0435. The van der Waals surface area contributed by atoms with Crippen LogP contribution in [0.25, 0.3) is 0 Å². The summed E-state index contributed by atoms with van der Waals surface area (Å²) < 4.78 is 12.9. The molecule has 0 saturated carbocycles. The molecule has 4 heterocycles. The minimum Gasteiger partial charge on any atom is -0.462 e. The molecule has 0 spiro atoms. The van der Waals surface area contributed by atoms with Crippen molar-refractivity contribution in [3.8, 4) is 12.1 Å². The predicted molar refractivity (Wildman–Crippen MR) is 157 cm³/mol. The average molecular weight is 559 g/mol. The molecule has 3 aliphatic heterocycles. The lowest BCUT2D eigenvalue weighted by Gasteiger charge is -2.43. The molecule has 2 aromatic rings. The highest BCUT2D eigenvalue weighted by Crippen LogP contribution is 2.38. The molecule has 1 aliphatic carbocycles. The molecule has 2 fully saturated rings. The molecule has 0 amide bonds. The monoisotopic (exact) mass is 558 g/mol. The number of hydrogen-bond acceptors (Lipinski definition) is 9. The Labute approximate surface area is 243 Å². The van der Waals surface area contributed by atoms with Crippen LogP contribution < -0.4 is 9.64 Å². The zero-order chi connectivity index (χ0) is 28.3. The third kappa shape index (κ3) is 5.84. The number of aromatic nitrogens is 2. The quantitative estimate of drug-likeness (QED) is 0.488. The molecule has 4 aliphatic rings. The molecule has 0 radical (unpaired) electrons. The van der Waals surface area contributed by atoms with E-state index in [1.165, 1.54) is 42.0 Å². The normalized spacial score (nSPS) is 25.7. The lowest BCUT2D eigenvalue weighted by molar-refractivity contribution is 0.00374. The van der Waals surface area contributed by atoms with Crippen LogP contribution in [0, 0.1) is 11.3 Å². The lowest BCUT2D eigenvalue weighted by atomic mass is 9.85. The molecule has 0 bridgehead atoms. The summed E-state index contributed by atoms with van der Waals surface area (Å²) in [7, 11) is 2.15. The SMILES string of the molecule is C=CC(O)N1CCN(c2nc(OC[C@@H]3CCCN3C)nc3c2COC(c2cccc4c2CCCC4)C3)C[C@@H]1CC#N. The number of likely N-dealkylation sites (tertiary alicyclic amines) is 1. The van der Waals surface area contributed by atoms with Crippen molar-refractivity contribution in [1.82, 2.24) is 19.8 Å². The molecular weight excluding hydrogens is 516 g/mol. The van der Waals surface area contributed by atoms with Crippen molar-refractivity contribution in [3.63, 3.8) is 0 Å². The molecule has 2 unspecified atom stereocenters. The van der Waals surface area contributed by atoms with Crippen LogP contribution in [0.4, 0.5) is 5.82 Å². The number of aliphatic hydroxyl groups is 1. The van der Waals surface area contributed by atoms with Gasteiger partial charge in [-0.3, -0.25) is 4.90 Å². The summed E-state index contributed by atoms with van der Waals surface area (Å²) in [5.74, 6) is 0.828. The molecule has 9 heteroatoms. The fourth-order valence-electron chi connectivity index (χ4n) is 7.06. The zero-order valence-electron chi connectivity index (χ0n) is 24.2. The molecular formula is C32H42N6O3. The molecule has 4 atom stereocenters. The molecule has 1 aromatic heterocycles. The second-order valence-corrected chi connectivity index (χ2v) is 11.9. The smallest absolute Gasteiger partial charge is 0.318 e. The summed E-state index contributed by atoms with van der Waals surface area (Å²) in [6.07, 6.45) is 8.72. The van der Waals surface area contributed by atoms with Gasteiger partial charge in [0.25, 0.3) is 0 Å². The van der Waals surface area contributed by atoms with Crippen LogP contribution in [0.15, 0.2) is 30.9 Å². The molecule has 1 aromatic carbocycles. The number of anilines is 1. The van der Waals surface area contributed by atoms with Gasteiger partial charge in [0.1, 0.15) is 18.7 Å². The van der Waals surface area contributed by atoms with Crippen LogP contribution in [0.5, 0.6) is 6.01 Å². The summed E-state index contributed by atoms with van der Waals surface area (Å²) in [4.78, 5) is 16.4.